The van der Waals surface area contributed by atoms with Gasteiger partial charge < -0.3 is 4.74 Å². The Bertz CT molecular complexity index is 887. The predicted molar refractivity (Wildman–Crippen MR) is 111 cm³/mol. The molecule has 0 aliphatic rings. The van der Waals surface area contributed by atoms with E-state index in [4.69, 9.17) is 4.74 Å². The summed E-state index contributed by atoms with van der Waals surface area (Å²) in [6, 6.07) is 15.9. The molecule has 5 heteroatoms. The number of rotatable bonds is 8. The molecule has 1 amide bonds. The number of para-hydroxylation sites is 1. The molecule has 0 saturated heterocycles. The van der Waals surface area contributed by atoms with Gasteiger partial charge in [0.2, 0.25) is 0 Å². The number of thiazole rings is 1. The van der Waals surface area contributed by atoms with E-state index in [0.29, 0.717) is 23.1 Å². The van der Waals surface area contributed by atoms with Gasteiger partial charge in [-0.25, -0.2) is 4.98 Å². The molecule has 0 radical (unpaired) electrons. The summed E-state index contributed by atoms with van der Waals surface area (Å²) < 4.78 is 5.67. The first kappa shape index (κ1) is 19.1. The van der Waals surface area contributed by atoms with Gasteiger partial charge in [-0.1, -0.05) is 50.2 Å². The number of amides is 1. The molecular formula is C22H24N2O2S. The van der Waals surface area contributed by atoms with Gasteiger partial charge in [0.15, 0.2) is 5.13 Å². The molecule has 0 unspecified atom stereocenters. The highest BCUT2D eigenvalue weighted by Gasteiger charge is 2.14. The number of hydrogen-bond acceptors (Lipinski definition) is 4. The number of nitrogens with zero attached hydrogens (tertiary/aromatic N) is 1. The quantitative estimate of drug-likeness (QED) is 0.574. The van der Waals surface area contributed by atoms with Crippen molar-refractivity contribution >= 4 is 22.4 Å². The topological polar surface area (TPSA) is 51.2 Å². The lowest BCUT2D eigenvalue weighted by molar-refractivity contribution is 0.102. The van der Waals surface area contributed by atoms with Gasteiger partial charge >= 0.3 is 0 Å². The zero-order valence-corrected chi connectivity index (χ0v) is 16.5. The van der Waals surface area contributed by atoms with Crippen LogP contribution in [0.4, 0.5) is 5.13 Å². The molecule has 4 nitrogen and oxygen atoms in total. The number of carbonyl (C=O) groups is 1. The van der Waals surface area contributed by atoms with Gasteiger partial charge in [0, 0.05) is 17.5 Å². The van der Waals surface area contributed by atoms with Crippen molar-refractivity contribution in [3.63, 3.8) is 0 Å². The molecule has 0 aliphatic carbocycles. The number of aromatic nitrogens is 1. The Morgan fingerprint density at radius 3 is 2.56 bits per heavy atom. The molecule has 2 aromatic carbocycles. The van der Waals surface area contributed by atoms with Crippen LogP contribution >= 0.6 is 11.3 Å². The number of aryl methyl sites for hydroxylation is 1. The van der Waals surface area contributed by atoms with Gasteiger partial charge in [0.05, 0.1) is 12.2 Å². The van der Waals surface area contributed by atoms with Crippen LogP contribution in [0.2, 0.25) is 0 Å². The highest BCUT2D eigenvalue weighted by molar-refractivity contribution is 7.15. The van der Waals surface area contributed by atoms with Gasteiger partial charge in [-0.3, -0.25) is 10.1 Å². The lowest BCUT2D eigenvalue weighted by Crippen LogP contribution is -2.13. The second kappa shape index (κ2) is 9.33. The van der Waals surface area contributed by atoms with Crippen molar-refractivity contribution in [1.29, 1.82) is 0 Å². The maximum Gasteiger partial charge on any atom is 0.261 e. The van der Waals surface area contributed by atoms with E-state index in [1.165, 1.54) is 22.5 Å². The minimum Gasteiger partial charge on any atom is -0.493 e. The number of benzene rings is 2. The molecule has 27 heavy (non-hydrogen) atoms. The minimum absolute atomic E-state index is 0.199. The Balaban J connectivity index is 1.65. The molecule has 0 aliphatic heterocycles. The van der Waals surface area contributed by atoms with Crippen molar-refractivity contribution in [2.75, 3.05) is 11.9 Å². The second-order valence-corrected chi connectivity index (χ2v) is 7.39. The molecule has 3 aromatic rings. The fourth-order valence-corrected chi connectivity index (χ4v) is 3.54. The SMILES string of the molecule is CCCOc1ccccc1C(=O)Nc1ncc(Cc2ccc(CC)cc2)s1. The molecule has 0 saturated carbocycles. The van der Waals surface area contributed by atoms with Crippen LogP contribution in [0, 0.1) is 0 Å². The summed E-state index contributed by atoms with van der Waals surface area (Å²) in [6.07, 6.45) is 4.58. The molecular weight excluding hydrogens is 356 g/mol. The Labute approximate surface area is 164 Å². The minimum atomic E-state index is -0.199. The Hall–Kier alpha value is -2.66. The smallest absolute Gasteiger partial charge is 0.261 e. The van der Waals surface area contributed by atoms with E-state index in [1.807, 2.05) is 31.3 Å². The second-order valence-electron chi connectivity index (χ2n) is 6.28. The molecule has 1 aromatic heterocycles. The zero-order chi connectivity index (χ0) is 19.1. The van der Waals surface area contributed by atoms with Crippen LogP contribution in [0.5, 0.6) is 5.75 Å². The number of nitrogens with one attached hydrogen (secondary N) is 1. The summed E-state index contributed by atoms with van der Waals surface area (Å²) in [6.45, 7) is 4.77. The van der Waals surface area contributed by atoms with Crippen molar-refractivity contribution in [1.82, 2.24) is 4.98 Å². The van der Waals surface area contributed by atoms with E-state index in [1.54, 1.807) is 6.07 Å². The highest BCUT2D eigenvalue weighted by Crippen LogP contribution is 2.24. The Morgan fingerprint density at radius 2 is 1.81 bits per heavy atom. The van der Waals surface area contributed by atoms with Gasteiger partial charge in [-0.05, 0) is 36.1 Å². The first-order valence-electron chi connectivity index (χ1n) is 9.25. The average molecular weight is 381 g/mol. The monoisotopic (exact) mass is 380 g/mol. The van der Waals surface area contributed by atoms with Crippen molar-refractivity contribution < 1.29 is 9.53 Å². The van der Waals surface area contributed by atoms with E-state index in [9.17, 15) is 4.79 Å². The third-order valence-electron chi connectivity index (χ3n) is 4.18. The van der Waals surface area contributed by atoms with E-state index < -0.39 is 0 Å². The van der Waals surface area contributed by atoms with Crippen molar-refractivity contribution in [3.8, 4) is 5.75 Å². The standard InChI is InChI=1S/C22H24N2O2S/c1-3-13-26-20-8-6-5-7-19(20)21(25)24-22-23-15-18(27-22)14-17-11-9-16(4-2)10-12-17/h5-12,15H,3-4,13-14H2,1-2H3,(H,23,24,25). The number of anilines is 1. The van der Waals surface area contributed by atoms with Crippen LogP contribution in [0.1, 0.15) is 46.6 Å². The van der Waals surface area contributed by atoms with Gasteiger partial charge in [0.1, 0.15) is 5.75 Å². The first-order valence-corrected chi connectivity index (χ1v) is 10.1. The summed E-state index contributed by atoms with van der Waals surface area (Å²) in [5.41, 5.74) is 3.10. The number of ether oxygens (including phenoxy) is 1. The van der Waals surface area contributed by atoms with E-state index >= 15 is 0 Å². The molecule has 0 bridgehead atoms. The van der Waals surface area contributed by atoms with E-state index in [0.717, 1.165) is 24.1 Å². The third-order valence-corrected chi connectivity index (χ3v) is 5.09. The maximum atomic E-state index is 12.6. The van der Waals surface area contributed by atoms with Crippen LogP contribution in [-0.4, -0.2) is 17.5 Å². The predicted octanol–water partition coefficient (Wildman–Crippen LogP) is 5.34. The molecule has 1 N–H and O–H groups in total. The summed E-state index contributed by atoms with van der Waals surface area (Å²) >= 11 is 1.50. The van der Waals surface area contributed by atoms with Gasteiger partial charge in [-0.2, -0.15) is 0 Å². The van der Waals surface area contributed by atoms with Crippen molar-refractivity contribution in [2.45, 2.75) is 33.1 Å². The Morgan fingerprint density at radius 1 is 1.07 bits per heavy atom. The highest BCUT2D eigenvalue weighted by atomic mass is 32.1. The zero-order valence-electron chi connectivity index (χ0n) is 15.7. The summed E-state index contributed by atoms with van der Waals surface area (Å²) in [7, 11) is 0. The van der Waals surface area contributed by atoms with Crippen molar-refractivity contribution in [3.05, 3.63) is 76.3 Å². The maximum absolute atomic E-state index is 12.6. The van der Waals surface area contributed by atoms with Crippen LogP contribution in [0.15, 0.2) is 54.7 Å². The van der Waals surface area contributed by atoms with Crippen LogP contribution < -0.4 is 10.1 Å². The van der Waals surface area contributed by atoms with Crippen LogP contribution in [-0.2, 0) is 12.8 Å². The first-order chi connectivity index (χ1) is 13.2. The molecule has 3 rings (SSSR count). The van der Waals surface area contributed by atoms with Crippen molar-refractivity contribution in [2.24, 2.45) is 0 Å². The fraction of sp³-hybridized carbons (Fsp3) is 0.273. The number of carbonyl (C=O) groups excluding carboxylic acids is 1. The largest absolute Gasteiger partial charge is 0.493 e. The Kier molecular flexibility index (Phi) is 6.60. The summed E-state index contributed by atoms with van der Waals surface area (Å²) in [4.78, 5) is 18.1. The molecule has 0 spiro atoms. The average Bonchev–Trinajstić information content (AvgIpc) is 3.13. The molecule has 1 heterocycles. The lowest BCUT2D eigenvalue weighted by atomic mass is 10.1. The van der Waals surface area contributed by atoms with E-state index in [2.05, 4.69) is 41.5 Å². The molecule has 0 atom stereocenters. The molecule has 140 valence electrons. The fourth-order valence-electron chi connectivity index (χ4n) is 2.70. The lowest BCUT2D eigenvalue weighted by Gasteiger charge is -2.09. The van der Waals surface area contributed by atoms with Gasteiger partial charge in [0.25, 0.3) is 5.91 Å². The van der Waals surface area contributed by atoms with E-state index in [-0.39, 0.29) is 5.91 Å². The van der Waals surface area contributed by atoms with Crippen LogP contribution in [0.25, 0.3) is 0 Å². The molecule has 0 fully saturated rings. The van der Waals surface area contributed by atoms with Gasteiger partial charge in [-0.15, -0.1) is 11.3 Å². The third kappa shape index (κ3) is 5.17. The summed E-state index contributed by atoms with van der Waals surface area (Å²) in [5.74, 6) is 0.402. The normalized spacial score (nSPS) is 10.6. The summed E-state index contributed by atoms with van der Waals surface area (Å²) in [5, 5.41) is 3.49. The number of hydrogen-bond donors (Lipinski definition) is 1. The van der Waals surface area contributed by atoms with Crippen LogP contribution in [0.3, 0.4) is 0 Å².